The van der Waals surface area contributed by atoms with E-state index in [2.05, 4.69) is 26.5 Å². The van der Waals surface area contributed by atoms with E-state index in [9.17, 15) is 0 Å². The molecule has 18 heavy (non-hydrogen) atoms. The van der Waals surface area contributed by atoms with Crippen molar-refractivity contribution in [2.24, 2.45) is 5.10 Å². The summed E-state index contributed by atoms with van der Waals surface area (Å²) in [6, 6.07) is 15.5. The Kier molecular flexibility index (Phi) is 4.39. The fourth-order valence-corrected chi connectivity index (χ4v) is 1.92. The van der Waals surface area contributed by atoms with Crippen LogP contribution in [0.3, 0.4) is 0 Å². The quantitative estimate of drug-likeness (QED) is 0.628. The minimum absolute atomic E-state index is 0.691. The van der Waals surface area contributed by atoms with E-state index in [4.69, 9.17) is 11.6 Å². The van der Waals surface area contributed by atoms with E-state index < -0.39 is 0 Å². The number of nitrogens with zero attached hydrogens (tertiary/aromatic N) is 1. The fraction of sp³-hybridized carbons (Fsp3) is 0.0714. The molecular weight excluding hydrogens is 312 g/mol. The lowest BCUT2D eigenvalue weighted by molar-refractivity contribution is 1.32. The highest BCUT2D eigenvalue weighted by atomic mass is 79.9. The third-order valence-electron chi connectivity index (χ3n) is 2.44. The van der Waals surface area contributed by atoms with Gasteiger partial charge < -0.3 is 0 Å². The number of hydrogen-bond donors (Lipinski definition) is 1. The first kappa shape index (κ1) is 13.1. The van der Waals surface area contributed by atoms with Gasteiger partial charge in [-0.2, -0.15) is 5.10 Å². The van der Waals surface area contributed by atoms with Gasteiger partial charge in [0.1, 0.15) is 0 Å². The van der Waals surface area contributed by atoms with Gasteiger partial charge >= 0.3 is 0 Å². The summed E-state index contributed by atoms with van der Waals surface area (Å²) in [4.78, 5) is 0. The zero-order chi connectivity index (χ0) is 13.0. The van der Waals surface area contributed by atoms with Crippen LogP contribution in [0.2, 0.25) is 5.02 Å². The van der Waals surface area contributed by atoms with E-state index in [1.165, 1.54) is 0 Å². The summed E-state index contributed by atoms with van der Waals surface area (Å²) < 4.78 is 1.06. The molecule has 1 N–H and O–H groups in total. The Morgan fingerprint density at radius 2 is 1.89 bits per heavy atom. The van der Waals surface area contributed by atoms with E-state index in [1.54, 1.807) is 0 Å². The Hall–Kier alpha value is -1.32. The van der Waals surface area contributed by atoms with E-state index >= 15 is 0 Å². The molecule has 2 aromatic carbocycles. The molecule has 0 amide bonds. The summed E-state index contributed by atoms with van der Waals surface area (Å²) in [5.41, 5.74) is 5.86. The molecule has 4 heteroatoms. The minimum atomic E-state index is 0.691. The van der Waals surface area contributed by atoms with Crippen LogP contribution in [0.1, 0.15) is 12.5 Å². The monoisotopic (exact) mass is 322 g/mol. The van der Waals surface area contributed by atoms with Crippen LogP contribution in [0.25, 0.3) is 0 Å². The highest BCUT2D eigenvalue weighted by Crippen LogP contribution is 2.15. The number of anilines is 1. The highest BCUT2D eigenvalue weighted by Gasteiger charge is 1.97. The van der Waals surface area contributed by atoms with Crippen LogP contribution >= 0.6 is 27.5 Å². The first-order valence-corrected chi connectivity index (χ1v) is 6.64. The van der Waals surface area contributed by atoms with E-state index in [0.29, 0.717) is 5.02 Å². The third-order valence-corrected chi connectivity index (χ3v) is 3.20. The van der Waals surface area contributed by atoms with Gasteiger partial charge in [0, 0.05) is 9.50 Å². The van der Waals surface area contributed by atoms with Gasteiger partial charge in [0.05, 0.1) is 11.4 Å². The smallest absolute Gasteiger partial charge is 0.0648 e. The maximum absolute atomic E-state index is 5.90. The predicted molar refractivity (Wildman–Crippen MR) is 81.4 cm³/mol. The third kappa shape index (κ3) is 3.59. The zero-order valence-electron chi connectivity index (χ0n) is 9.82. The molecule has 0 aromatic heterocycles. The zero-order valence-corrected chi connectivity index (χ0v) is 12.2. The van der Waals surface area contributed by atoms with Crippen molar-refractivity contribution in [3.8, 4) is 0 Å². The molecule has 0 unspecified atom stereocenters. The Labute approximate surface area is 120 Å². The summed E-state index contributed by atoms with van der Waals surface area (Å²) in [7, 11) is 0. The van der Waals surface area contributed by atoms with Gasteiger partial charge in [-0.3, -0.25) is 5.43 Å². The molecule has 0 aliphatic carbocycles. The molecular formula is C14H12BrClN2. The Morgan fingerprint density at radius 3 is 2.56 bits per heavy atom. The van der Waals surface area contributed by atoms with Gasteiger partial charge in [0.2, 0.25) is 0 Å². The van der Waals surface area contributed by atoms with Crippen LogP contribution < -0.4 is 5.43 Å². The van der Waals surface area contributed by atoms with Crippen molar-refractivity contribution >= 4 is 38.9 Å². The van der Waals surface area contributed by atoms with Crippen molar-refractivity contribution < 1.29 is 0 Å². The molecule has 0 spiro atoms. The second-order valence-electron chi connectivity index (χ2n) is 3.83. The first-order chi connectivity index (χ1) is 8.65. The molecule has 0 bridgehead atoms. The molecule has 92 valence electrons. The second kappa shape index (κ2) is 6.03. The van der Waals surface area contributed by atoms with Crippen LogP contribution in [0.4, 0.5) is 5.69 Å². The number of halogens is 2. The van der Waals surface area contributed by atoms with Crippen molar-refractivity contribution in [1.82, 2.24) is 0 Å². The Morgan fingerprint density at radius 1 is 1.17 bits per heavy atom. The van der Waals surface area contributed by atoms with Crippen LogP contribution in [0.15, 0.2) is 58.1 Å². The van der Waals surface area contributed by atoms with Gasteiger partial charge in [0.15, 0.2) is 0 Å². The predicted octanol–water partition coefficient (Wildman–Crippen LogP) is 4.94. The summed E-state index contributed by atoms with van der Waals surface area (Å²) >= 11 is 9.31. The fourth-order valence-electron chi connectivity index (χ4n) is 1.46. The number of hydrazone groups is 1. The molecule has 2 nitrogen and oxygen atoms in total. The normalized spacial score (nSPS) is 11.4. The molecule has 2 aromatic rings. The molecule has 0 fully saturated rings. The lowest BCUT2D eigenvalue weighted by Gasteiger charge is -2.04. The minimum Gasteiger partial charge on any atom is -0.278 e. The van der Waals surface area contributed by atoms with E-state index in [1.807, 2.05) is 55.5 Å². The summed E-state index contributed by atoms with van der Waals surface area (Å²) in [5.74, 6) is 0. The summed E-state index contributed by atoms with van der Waals surface area (Å²) in [6.45, 7) is 1.96. The van der Waals surface area contributed by atoms with Crippen molar-refractivity contribution in [2.45, 2.75) is 6.92 Å². The molecule has 0 saturated heterocycles. The van der Waals surface area contributed by atoms with E-state index in [-0.39, 0.29) is 0 Å². The average Bonchev–Trinajstić information content (AvgIpc) is 2.37. The highest BCUT2D eigenvalue weighted by molar-refractivity contribution is 9.10. The molecule has 0 saturated carbocycles. The first-order valence-electron chi connectivity index (χ1n) is 5.47. The van der Waals surface area contributed by atoms with Crippen molar-refractivity contribution in [2.75, 3.05) is 5.43 Å². The molecule has 0 atom stereocenters. The van der Waals surface area contributed by atoms with Crippen LogP contribution in [-0.2, 0) is 0 Å². The molecule has 0 radical (unpaired) electrons. The van der Waals surface area contributed by atoms with Crippen molar-refractivity contribution in [3.63, 3.8) is 0 Å². The number of benzene rings is 2. The number of nitrogens with one attached hydrogen (secondary N) is 1. The maximum Gasteiger partial charge on any atom is 0.0648 e. The number of hydrogen-bond acceptors (Lipinski definition) is 2. The Balaban J connectivity index is 2.11. The molecule has 2 rings (SSSR count). The molecule has 0 aliphatic rings. The maximum atomic E-state index is 5.90. The van der Waals surface area contributed by atoms with E-state index in [0.717, 1.165) is 21.4 Å². The standard InChI is InChI=1S/C14H12BrClN2/c1-10(11-5-7-12(15)8-6-11)17-18-14-4-2-3-13(16)9-14/h2-9,18H,1H3/b17-10+. The SMILES string of the molecule is C/C(=N\Nc1cccc(Cl)c1)c1ccc(Br)cc1. The Bertz CT molecular complexity index is 564. The van der Waals surface area contributed by atoms with Crippen LogP contribution in [0, 0.1) is 0 Å². The summed E-state index contributed by atoms with van der Waals surface area (Å²) in [6.07, 6.45) is 0. The topological polar surface area (TPSA) is 24.4 Å². The second-order valence-corrected chi connectivity index (χ2v) is 5.18. The van der Waals surface area contributed by atoms with Gasteiger partial charge in [0.25, 0.3) is 0 Å². The average molecular weight is 324 g/mol. The van der Waals surface area contributed by atoms with Gasteiger partial charge in [-0.05, 0) is 42.8 Å². The van der Waals surface area contributed by atoms with Gasteiger partial charge in [-0.1, -0.05) is 45.7 Å². The number of rotatable bonds is 3. The van der Waals surface area contributed by atoms with Gasteiger partial charge in [-0.15, -0.1) is 0 Å². The van der Waals surface area contributed by atoms with Crippen molar-refractivity contribution in [3.05, 3.63) is 63.6 Å². The molecule has 0 heterocycles. The lowest BCUT2D eigenvalue weighted by atomic mass is 10.1. The largest absolute Gasteiger partial charge is 0.278 e. The molecule has 0 aliphatic heterocycles. The summed E-state index contributed by atoms with van der Waals surface area (Å²) in [5, 5.41) is 5.02. The van der Waals surface area contributed by atoms with Gasteiger partial charge in [-0.25, -0.2) is 0 Å². The van der Waals surface area contributed by atoms with Crippen LogP contribution in [-0.4, -0.2) is 5.71 Å². The van der Waals surface area contributed by atoms with Crippen LogP contribution in [0.5, 0.6) is 0 Å². The van der Waals surface area contributed by atoms with Crippen molar-refractivity contribution in [1.29, 1.82) is 0 Å². The lowest BCUT2D eigenvalue weighted by Crippen LogP contribution is -1.99.